The van der Waals surface area contributed by atoms with Gasteiger partial charge in [-0.25, -0.2) is 0 Å². The van der Waals surface area contributed by atoms with Gasteiger partial charge in [0.05, 0.1) is 2.74 Å². The average Bonchev–Trinajstić information content (AvgIpc) is 2.86. The molecule has 1 spiro atoms. The first-order valence-electron chi connectivity index (χ1n) is 9.78. The summed E-state index contributed by atoms with van der Waals surface area (Å²) in [5.41, 5.74) is 0.547. The molecule has 0 saturated carbocycles. The third kappa shape index (κ3) is 1.21. The van der Waals surface area contributed by atoms with Gasteiger partial charge in [0, 0.05) is 27.1 Å². The van der Waals surface area contributed by atoms with E-state index in [-0.39, 0.29) is 36.0 Å². The van der Waals surface area contributed by atoms with E-state index in [4.69, 9.17) is 11.6 Å². The molecule has 2 aliphatic carbocycles. The minimum absolute atomic E-state index is 0.142. The summed E-state index contributed by atoms with van der Waals surface area (Å²) in [6.45, 7) is -1.98. The molecule has 2 bridgehead atoms. The SMILES string of the molecule is [2H]c1cc(O)c2c3c1CC1C4C=CC([2H])(O)C(O2)C34CCN1C([2H])([2H])[2H]. The smallest absolute Gasteiger partial charge is 0.165 e. The molecule has 4 nitrogen and oxygen atoms in total. The molecular weight excluding hydrogens is 266 g/mol. The molecule has 1 saturated heterocycles. The molecule has 0 radical (unpaired) electrons. The first-order valence-corrected chi connectivity index (χ1v) is 7.28. The summed E-state index contributed by atoms with van der Waals surface area (Å²) in [6.07, 6.45) is 0.931. The Bertz CT molecular complexity index is 852. The van der Waals surface area contributed by atoms with Crippen molar-refractivity contribution in [2.45, 2.75) is 36.5 Å². The van der Waals surface area contributed by atoms with Crippen molar-refractivity contribution in [1.29, 1.82) is 0 Å². The predicted octanol–water partition coefficient (Wildman–Crippen LogP) is 1.20. The van der Waals surface area contributed by atoms with E-state index in [0.717, 1.165) is 0 Å². The molecule has 110 valence electrons. The fraction of sp³-hybridized carbons (Fsp3) is 0.529. The maximum atomic E-state index is 10.6. The van der Waals surface area contributed by atoms with E-state index in [1.54, 1.807) is 6.08 Å². The summed E-state index contributed by atoms with van der Waals surface area (Å²) < 4.78 is 46.2. The lowest BCUT2D eigenvalue weighted by Crippen LogP contribution is -2.64. The third-order valence-electron chi connectivity index (χ3n) is 5.65. The zero-order valence-electron chi connectivity index (χ0n) is 16.3. The number of rotatable bonds is 0. The molecule has 4 aliphatic rings. The molecule has 5 atom stereocenters. The molecule has 21 heavy (non-hydrogen) atoms. The zero-order chi connectivity index (χ0) is 18.6. The summed E-state index contributed by atoms with van der Waals surface area (Å²) >= 11 is 0. The molecule has 1 fully saturated rings. The largest absolute Gasteiger partial charge is 0.504 e. The molecule has 1 aromatic rings. The summed E-state index contributed by atoms with van der Waals surface area (Å²) in [5.74, 6) is -0.188. The minimum Gasteiger partial charge on any atom is -0.504 e. The molecule has 1 aromatic carbocycles. The maximum Gasteiger partial charge on any atom is 0.165 e. The Morgan fingerprint density at radius 2 is 2.48 bits per heavy atom. The van der Waals surface area contributed by atoms with Crippen molar-refractivity contribution < 1.29 is 21.8 Å². The second-order valence-corrected chi connectivity index (χ2v) is 6.42. The zero-order valence-corrected chi connectivity index (χ0v) is 11.3. The number of likely N-dealkylation sites (tertiary alicyclic amines) is 1. The second-order valence-electron chi connectivity index (χ2n) is 6.42. The number of phenols is 1. The lowest BCUT2D eigenvalue weighted by Gasteiger charge is -2.56. The van der Waals surface area contributed by atoms with Crippen molar-refractivity contribution in [3.05, 3.63) is 35.4 Å². The highest BCUT2D eigenvalue weighted by Crippen LogP contribution is 2.62. The van der Waals surface area contributed by atoms with Crippen molar-refractivity contribution in [3.8, 4) is 11.5 Å². The van der Waals surface area contributed by atoms with E-state index in [9.17, 15) is 10.2 Å². The van der Waals surface area contributed by atoms with Crippen LogP contribution in [0.4, 0.5) is 0 Å². The van der Waals surface area contributed by atoms with Crippen LogP contribution in [0.5, 0.6) is 11.5 Å². The molecular formula is C17H19NO3. The Hall–Kier alpha value is -1.52. The van der Waals surface area contributed by atoms with Crippen LogP contribution in [0.2, 0.25) is 0 Å². The first kappa shape index (κ1) is 8.20. The van der Waals surface area contributed by atoms with Crippen LogP contribution in [-0.4, -0.2) is 46.9 Å². The number of benzene rings is 1. The molecule has 0 amide bonds. The number of hydrogen-bond donors (Lipinski definition) is 2. The normalized spacial score (nSPS) is 50.1. The van der Waals surface area contributed by atoms with E-state index in [1.807, 2.05) is 0 Å². The van der Waals surface area contributed by atoms with Crippen LogP contribution < -0.4 is 4.74 Å². The fourth-order valence-electron chi connectivity index (χ4n) is 4.82. The lowest BCUT2D eigenvalue weighted by molar-refractivity contribution is -0.0453. The number of phenolic OH excluding ortho intramolecular Hbond substituents is 1. The number of hydrogen-bond acceptors (Lipinski definition) is 4. The number of ether oxygens (including phenoxy) is 1. The van der Waals surface area contributed by atoms with Gasteiger partial charge >= 0.3 is 0 Å². The monoisotopic (exact) mass is 290 g/mol. The Labute approximate surface area is 130 Å². The Morgan fingerprint density at radius 3 is 3.33 bits per heavy atom. The van der Waals surface area contributed by atoms with Gasteiger partial charge in [0.2, 0.25) is 0 Å². The van der Waals surface area contributed by atoms with Gasteiger partial charge < -0.3 is 19.8 Å². The number of piperidine rings is 1. The van der Waals surface area contributed by atoms with Gasteiger partial charge in [-0.3, -0.25) is 0 Å². The highest BCUT2D eigenvalue weighted by atomic mass is 16.5. The number of aromatic hydroxyl groups is 1. The van der Waals surface area contributed by atoms with Crippen molar-refractivity contribution in [1.82, 2.24) is 4.90 Å². The highest BCUT2D eigenvalue weighted by molar-refractivity contribution is 5.61. The molecule has 5 unspecified atom stereocenters. The van der Waals surface area contributed by atoms with Crippen LogP contribution in [0.15, 0.2) is 24.3 Å². The standard InChI is InChI=1S/C17H19NO3/c1-18-7-6-17-10-3-5-13(20)16(17)21-15-12(19)4-2-9(14(15)17)8-11(10)18/h2-5,10-11,13,16,19-20H,6-8H2,1H3/i1D3,2D,13D. The number of likely N-dealkylation sites (N-methyl/N-ethyl adjacent to an activating group) is 1. The van der Waals surface area contributed by atoms with Crippen LogP contribution in [0.3, 0.4) is 0 Å². The average molecular weight is 290 g/mol. The summed E-state index contributed by atoms with van der Waals surface area (Å²) in [4.78, 5) is 1.49. The van der Waals surface area contributed by atoms with Crippen LogP contribution in [-0.2, 0) is 11.8 Å². The van der Waals surface area contributed by atoms with Crippen molar-refractivity contribution in [2.24, 2.45) is 5.92 Å². The van der Waals surface area contributed by atoms with Gasteiger partial charge in [-0.1, -0.05) is 18.2 Å². The summed E-state index contributed by atoms with van der Waals surface area (Å²) in [5, 5.41) is 21.0. The molecule has 2 aliphatic heterocycles. The van der Waals surface area contributed by atoms with Gasteiger partial charge in [-0.15, -0.1) is 0 Å². The van der Waals surface area contributed by atoms with Crippen molar-refractivity contribution in [2.75, 3.05) is 13.5 Å². The molecule has 2 heterocycles. The first-order chi connectivity index (χ1) is 12.1. The van der Waals surface area contributed by atoms with Crippen LogP contribution >= 0.6 is 0 Å². The van der Waals surface area contributed by atoms with Gasteiger partial charge in [-0.2, -0.15) is 0 Å². The maximum absolute atomic E-state index is 10.6. The fourth-order valence-corrected chi connectivity index (χ4v) is 4.82. The summed E-state index contributed by atoms with van der Waals surface area (Å²) in [7, 11) is 0. The highest BCUT2D eigenvalue weighted by Gasteiger charge is 2.64. The van der Waals surface area contributed by atoms with E-state index >= 15 is 0 Å². The van der Waals surface area contributed by atoms with Crippen LogP contribution in [0.25, 0.3) is 0 Å². The molecule has 2 N–H and O–H groups in total. The van der Waals surface area contributed by atoms with Gasteiger partial charge in [-0.05, 0) is 38.0 Å². The molecule has 5 rings (SSSR count). The van der Waals surface area contributed by atoms with Gasteiger partial charge in [0.25, 0.3) is 0 Å². The lowest BCUT2D eigenvalue weighted by atomic mass is 9.53. The van der Waals surface area contributed by atoms with Crippen molar-refractivity contribution in [3.63, 3.8) is 0 Å². The third-order valence-corrected chi connectivity index (χ3v) is 5.65. The summed E-state index contributed by atoms with van der Waals surface area (Å²) in [6, 6.07) is 1.07. The number of aliphatic hydroxyl groups is 1. The predicted molar refractivity (Wildman–Crippen MR) is 77.6 cm³/mol. The van der Waals surface area contributed by atoms with Crippen LogP contribution in [0, 0.1) is 5.92 Å². The van der Waals surface area contributed by atoms with Crippen LogP contribution in [0.1, 0.15) is 24.4 Å². The van der Waals surface area contributed by atoms with E-state index < -0.39 is 24.6 Å². The number of nitrogens with zero attached hydrogens (tertiary/aromatic N) is 1. The Morgan fingerprint density at radius 1 is 1.57 bits per heavy atom. The minimum atomic E-state index is -2.26. The Balaban J connectivity index is 1.81. The van der Waals surface area contributed by atoms with Crippen molar-refractivity contribution >= 4 is 0 Å². The molecule has 4 heteroatoms. The van der Waals surface area contributed by atoms with E-state index in [1.165, 1.54) is 17.0 Å². The quantitative estimate of drug-likeness (QED) is 0.705. The van der Waals surface area contributed by atoms with E-state index in [0.29, 0.717) is 24.0 Å². The van der Waals surface area contributed by atoms with E-state index in [2.05, 4.69) is 0 Å². The van der Waals surface area contributed by atoms with Gasteiger partial charge in [0.15, 0.2) is 11.5 Å². The topological polar surface area (TPSA) is 52.9 Å². The molecule has 0 aromatic heterocycles. The second kappa shape index (κ2) is 3.62. The van der Waals surface area contributed by atoms with Gasteiger partial charge in [0.1, 0.15) is 12.2 Å². The Kier molecular flexibility index (Phi) is 1.41.